The van der Waals surface area contributed by atoms with Crippen LogP contribution in [0.2, 0.25) is 0 Å². The van der Waals surface area contributed by atoms with Gasteiger partial charge in [0, 0.05) is 0 Å². The molecule has 0 saturated heterocycles. The molecule has 20 heavy (non-hydrogen) atoms. The van der Waals surface area contributed by atoms with Crippen LogP contribution in [0, 0.1) is 6.92 Å². The minimum absolute atomic E-state index is 0.0673. The van der Waals surface area contributed by atoms with Crippen molar-refractivity contribution in [3.05, 3.63) is 38.8 Å². The smallest absolute Gasteiger partial charge is 0.344 e. The fourth-order valence-electron chi connectivity index (χ4n) is 1.08. The minimum Gasteiger partial charge on any atom is -0.477 e. The number of hydrogen-bond acceptors (Lipinski definition) is 4. The third kappa shape index (κ3) is 4.73. The van der Waals surface area contributed by atoms with Crippen LogP contribution in [0.3, 0.4) is 0 Å². The van der Waals surface area contributed by atoms with Crippen LogP contribution in [-0.4, -0.2) is 25.7 Å². The monoisotopic (exact) mass is 424 g/mol. The van der Waals surface area contributed by atoms with E-state index < -0.39 is 16.0 Å². The van der Waals surface area contributed by atoms with Crippen molar-refractivity contribution in [2.45, 2.75) is 11.8 Å². The van der Waals surface area contributed by atoms with Gasteiger partial charge in [-0.2, -0.15) is 13.5 Å². The van der Waals surface area contributed by atoms with Crippen LogP contribution >= 0.6 is 31.9 Å². The summed E-state index contributed by atoms with van der Waals surface area (Å²) in [7, 11) is -3.77. The first-order chi connectivity index (χ1) is 9.24. The highest BCUT2D eigenvalue weighted by atomic mass is 79.9. The predicted octanol–water partition coefficient (Wildman–Crippen LogP) is 2.35. The largest absolute Gasteiger partial charge is 0.477 e. The van der Waals surface area contributed by atoms with Crippen LogP contribution in [0.25, 0.3) is 0 Å². The van der Waals surface area contributed by atoms with E-state index in [4.69, 9.17) is 5.11 Å². The van der Waals surface area contributed by atoms with Crippen molar-refractivity contribution in [3.63, 3.8) is 0 Å². The number of carboxylic acids is 1. The van der Waals surface area contributed by atoms with Crippen molar-refractivity contribution in [2.75, 3.05) is 0 Å². The van der Waals surface area contributed by atoms with E-state index >= 15 is 0 Å². The maximum atomic E-state index is 11.8. The molecule has 6 nitrogen and oxygen atoms in total. The first-order valence-corrected chi connectivity index (χ1v) is 8.21. The Morgan fingerprint density at radius 1 is 1.30 bits per heavy atom. The molecule has 0 atom stereocenters. The summed E-state index contributed by atoms with van der Waals surface area (Å²) in [5.41, 5.74) is 0.934. The third-order valence-electron chi connectivity index (χ3n) is 2.08. The van der Waals surface area contributed by atoms with E-state index in [9.17, 15) is 13.2 Å². The molecule has 0 radical (unpaired) electrons. The Morgan fingerprint density at radius 3 is 2.35 bits per heavy atom. The number of carbonyl (C=O) groups is 1. The Balaban J connectivity index is 2.86. The number of halogens is 2. The second kappa shape index (κ2) is 7.00. The zero-order chi connectivity index (χ0) is 15.3. The normalized spacial score (nSPS) is 13.2. The number of nitrogens with one attached hydrogen (secondary N) is 1. The Bertz CT molecular complexity index is 666. The molecule has 1 rings (SSSR count). The van der Waals surface area contributed by atoms with E-state index in [1.807, 2.05) is 11.8 Å². The second-order valence-corrected chi connectivity index (χ2v) is 6.94. The van der Waals surface area contributed by atoms with E-state index in [0.717, 1.165) is 11.8 Å². The number of carboxylic acid groups (broad SMARTS) is 1. The van der Waals surface area contributed by atoms with Gasteiger partial charge in [-0.25, -0.2) is 9.63 Å². The number of sulfonamides is 1. The molecule has 1 aromatic rings. The third-order valence-corrected chi connectivity index (χ3v) is 5.22. The highest BCUT2D eigenvalue weighted by Gasteiger charge is 2.12. The average molecular weight is 426 g/mol. The summed E-state index contributed by atoms with van der Waals surface area (Å²) in [5, 5.41) is 12.2. The number of aliphatic carboxylic acids is 1. The minimum atomic E-state index is -3.77. The molecule has 0 fully saturated rings. The van der Waals surface area contributed by atoms with Crippen LogP contribution in [0.4, 0.5) is 0 Å². The molecule has 0 unspecified atom stereocenters. The van der Waals surface area contributed by atoms with Gasteiger partial charge in [-0.15, -0.1) is 0 Å². The van der Waals surface area contributed by atoms with E-state index in [1.54, 1.807) is 12.1 Å². The average Bonchev–Trinajstić information content (AvgIpc) is 2.37. The summed E-state index contributed by atoms with van der Waals surface area (Å²) in [5.74, 6) is -1.20. The van der Waals surface area contributed by atoms with Gasteiger partial charge in [0.1, 0.15) is 4.48 Å². The van der Waals surface area contributed by atoms with Crippen molar-refractivity contribution >= 4 is 54.1 Å². The van der Waals surface area contributed by atoms with Crippen molar-refractivity contribution in [1.82, 2.24) is 4.83 Å². The summed E-state index contributed by atoms with van der Waals surface area (Å²) in [6.45, 7) is 1.84. The van der Waals surface area contributed by atoms with E-state index in [1.165, 1.54) is 12.1 Å². The van der Waals surface area contributed by atoms with E-state index in [0.29, 0.717) is 0 Å². The SMILES string of the molecule is Cc1ccc(S(=O)(=O)N/N=C/C(Br)=C(/Br)C(=O)O)cc1. The zero-order valence-corrected chi connectivity index (χ0v) is 14.2. The molecule has 0 bridgehead atoms. The number of aryl methyl sites for hydroxylation is 1. The lowest BCUT2D eigenvalue weighted by Gasteiger charge is -2.03. The number of rotatable bonds is 5. The second-order valence-electron chi connectivity index (χ2n) is 3.63. The summed E-state index contributed by atoms with van der Waals surface area (Å²) < 4.78 is 23.6. The van der Waals surface area contributed by atoms with Gasteiger partial charge in [0.2, 0.25) is 0 Å². The maximum absolute atomic E-state index is 11.8. The van der Waals surface area contributed by atoms with E-state index in [-0.39, 0.29) is 13.9 Å². The Kier molecular flexibility index (Phi) is 5.90. The number of allylic oxidation sites excluding steroid dienone is 1. The van der Waals surface area contributed by atoms with Crippen LogP contribution < -0.4 is 4.83 Å². The number of nitrogens with zero attached hydrogens (tertiary/aromatic N) is 1. The van der Waals surface area contributed by atoms with Crippen molar-refractivity contribution in [2.24, 2.45) is 5.10 Å². The summed E-state index contributed by atoms with van der Waals surface area (Å²) in [6.07, 6.45) is 1.03. The molecule has 0 aliphatic heterocycles. The quantitative estimate of drug-likeness (QED) is 0.430. The molecule has 0 aromatic heterocycles. The Labute approximate surface area is 132 Å². The molecular formula is C11H10Br2N2O4S. The molecule has 9 heteroatoms. The lowest BCUT2D eigenvalue weighted by Crippen LogP contribution is -2.18. The van der Waals surface area contributed by atoms with Crippen molar-refractivity contribution in [1.29, 1.82) is 0 Å². The van der Waals surface area contributed by atoms with Crippen LogP contribution in [0.15, 0.2) is 43.2 Å². The zero-order valence-electron chi connectivity index (χ0n) is 10.2. The number of benzene rings is 1. The van der Waals surface area contributed by atoms with Crippen LogP contribution in [-0.2, 0) is 14.8 Å². The topological polar surface area (TPSA) is 95.8 Å². The van der Waals surface area contributed by atoms with Gasteiger partial charge in [0.15, 0.2) is 0 Å². The molecule has 1 aromatic carbocycles. The molecule has 0 aliphatic carbocycles. The van der Waals surface area contributed by atoms with Gasteiger partial charge in [0.05, 0.1) is 15.6 Å². The molecule has 0 spiro atoms. The van der Waals surface area contributed by atoms with Crippen molar-refractivity contribution < 1.29 is 18.3 Å². The fraction of sp³-hybridized carbons (Fsp3) is 0.0909. The van der Waals surface area contributed by atoms with Gasteiger partial charge in [-0.3, -0.25) is 0 Å². The Hall–Kier alpha value is -1.19. The number of hydrazone groups is 1. The highest BCUT2D eigenvalue weighted by Crippen LogP contribution is 2.16. The first kappa shape index (κ1) is 16.9. The predicted molar refractivity (Wildman–Crippen MR) is 82.5 cm³/mol. The molecule has 108 valence electrons. The van der Waals surface area contributed by atoms with Crippen molar-refractivity contribution in [3.8, 4) is 0 Å². The molecule has 2 N–H and O–H groups in total. The molecule has 0 amide bonds. The van der Waals surface area contributed by atoms with Gasteiger partial charge in [-0.1, -0.05) is 17.7 Å². The molecule has 0 heterocycles. The van der Waals surface area contributed by atoms with E-state index in [2.05, 4.69) is 37.0 Å². The highest BCUT2D eigenvalue weighted by molar-refractivity contribution is 9.14. The lowest BCUT2D eigenvalue weighted by molar-refractivity contribution is -0.131. The van der Waals surface area contributed by atoms with Crippen LogP contribution in [0.5, 0.6) is 0 Å². The van der Waals surface area contributed by atoms with Gasteiger partial charge in [-0.05, 0) is 50.9 Å². The molecule has 0 aliphatic rings. The molecular weight excluding hydrogens is 416 g/mol. The number of hydrogen-bond donors (Lipinski definition) is 2. The summed E-state index contributed by atoms with van der Waals surface area (Å²) in [6, 6.07) is 6.22. The standard InChI is InChI=1S/C11H10Br2N2O4S/c1-7-2-4-8(5-3-7)20(18,19)15-14-6-9(12)10(13)11(16)17/h2-6,15H,1H3,(H,16,17)/b10-9-,14-6+. The summed E-state index contributed by atoms with van der Waals surface area (Å²) in [4.78, 5) is 12.7. The van der Waals surface area contributed by atoms with Gasteiger partial charge in [0.25, 0.3) is 10.0 Å². The fourth-order valence-corrected chi connectivity index (χ4v) is 2.25. The molecule has 0 saturated carbocycles. The first-order valence-electron chi connectivity index (χ1n) is 5.14. The maximum Gasteiger partial charge on any atom is 0.344 e. The lowest BCUT2D eigenvalue weighted by atomic mass is 10.2. The summed E-state index contributed by atoms with van der Waals surface area (Å²) >= 11 is 5.75. The van der Waals surface area contributed by atoms with Gasteiger partial charge < -0.3 is 5.11 Å². The van der Waals surface area contributed by atoms with Crippen LogP contribution in [0.1, 0.15) is 5.56 Å². The van der Waals surface area contributed by atoms with Gasteiger partial charge >= 0.3 is 5.97 Å². The Morgan fingerprint density at radius 2 is 1.85 bits per heavy atom.